The second-order valence-electron chi connectivity index (χ2n) is 3.23. The highest BCUT2D eigenvalue weighted by atomic mass is 15.0. The Hall–Kier alpha value is -0.0800. The van der Waals surface area contributed by atoms with Gasteiger partial charge in [-0.3, -0.25) is 0 Å². The third kappa shape index (κ3) is 3.18. The van der Waals surface area contributed by atoms with Crippen LogP contribution in [0.3, 0.4) is 0 Å². The Morgan fingerprint density at radius 1 is 1.60 bits per heavy atom. The van der Waals surface area contributed by atoms with Gasteiger partial charge < -0.3 is 11.1 Å². The molecule has 60 valence electrons. The minimum atomic E-state index is 0.380. The van der Waals surface area contributed by atoms with Crippen molar-refractivity contribution in [2.24, 2.45) is 5.73 Å². The van der Waals surface area contributed by atoms with Gasteiger partial charge in [-0.05, 0) is 19.3 Å². The number of rotatable bonds is 5. The Labute approximate surface area is 63.2 Å². The molecule has 0 bridgehead atoms. The first-order valence-electron chi connectivity index (χ1n) is 4.32. The highest BCUT2D eigenvalue weighted by Crippen LogP contribution is 2.18. The second-order valence-corrected chi connectivity index (χ2v) is 3.23. The van der Waals surface area contributed by atoms with Crippen molar-refractivity contribution in [2.45, 2.75) is 44.7 Å². The van der Waals surface area contributed by atoms with E-state index in [1.807, 2.05) is 0 Å². The van der Waals surface area contributed by atoms with Gasteiger partial charge in [0.25, 0.3) is 0 Å². The molecule has 0 amide bonds. The molecule has 0 aliphatic heterocycles. The molecule has 0 heterocycles. The molecule has 2 heteroatoms. The average Bonchev–Trinajstić information content (AvgIpc) is 2.67. The van der Waals surface area contributed by atoms with Crippen molar-refractivity contribution in [1.29, 1.82) is 0 Å². The van der Waals surface area contributed by atoms with Crippen LogP contribution < -0.4 is 11.1 Å². The summed E-state index contributed by atoms with van der Waals surface area (Å²) in [7, 11) is 0. The molecule has 0 aromatic rings. The van der Waals surface area contributed by atoms with Crippen LogP contribution in [-0.4, -0.2) is 18.6 Å². The summed E-state index contributed by atoms with van der Waals surface area (Å²) in [5.74, 6) is 0. The number of hydrogen-bond acceptors (Lipinski definition) is 2. The summed E-state index contributed by atoms with van der Waals surface area (Å²) in [6, 6.07) is 1.19. The SMILES string of the molecule is CCCC(N)CNC1CC1. The van der Waals surface area contributed by atoms with Crippen LogP contribution in [0.4, 0.5) is 0 Å². The summed E-state index contributed by atoms with van der Waals surface area (Å²) in [6.07, 6.45) is 5.07. The zero-order valence-electron chi connectivity index (χ0n) is 6.77. The van der Waals surface area contributed by atoms with Gasteiger partial charge in [0.2, 0.25) is 0 Å². The fourth-order valence-electron chi connectivity index (χ4n) is 1.08. The smallest absolute Gasteiger partial charge is 0.0165 e. The van der Waals surface area contributed by atoms with Crippen molar-refractivity contribution in [2.75, 3.05) is 6.54 Å². The van der Waals surface area contributed by atoms with Crippen molar-refractivity contribution in [1.82, 2.24) is 5.32 Å². The average molecular weight is 142 g/mol. The lowest BCUT2D eigenvalue weighted by Crippen LogP contribution is -2.34. The lowest BCUT2D eigenvalue weighted by Gasteiger charge is -2.09. The van der Waals surface area contributed by atoms with Crippen LogP contribution in [0.15, 0.2) is 0 Å². The van der Waals surface area contributed by atoms with E-state index in [9.17, 15) is 0 Å². The van der Waals surface area contributed by atoms with Crippen molar-refractivity contribution in [3.63, 3.8) is 0 Å². The fourth-order valence-corrected chi connectivity index (χ4v) is 1.08. The Kier molecular flexibility index (Phi) is 3.16. The van der Waals surface area contributed by atoms with Gasteiger partial charge in [0.05, 0.1) is 0 Å². The lowest BCUT2D eigenvalue weighted by atomic mass is 10.2. The molecule has 0 spiro atoms. The maximum absolute atomic E-state index is 5.80. The molecule has 1 atom stereocenters. The molecule has 1 aliphatic carbocycles. The second kappa shape index (κ2) is 3.94. The number of nitrogens with one attached hydrogen (secondary N) is 1. The van der Waals surface area contributed by atoms with E-state index in [-0.39, 0.29) is 0 Å². The molecule has 3 N–H and O–H groups in total. The highest BCUT2D eigenvalue weighted by molar-refractivity contribution is 4.82. The van der Waals surface area contributed by atoms with Crippen LogP contribution in [0.5, 0.6) is 0 Å². The van der Waals surface area contributed by atoms with E-state index in [1.54, 1.807) is 0 Å². The molecule has 0 saturated heterocycles. The zero-order valence-corrected chi connectivity index (χ0v) is 6.77. The van der Waals surface area contributed by atoms with Crippen LogP contribution in [0.25, 0.3) is 0 Å². The van der Waals surface area contributed by atoms with Crippen molar-refractivity contribution < 1.29 is 0 Å². The van der Waals surface area contributed by atoms with Gasteiger partial charge in [-0.25, -0.2) is 0 Å². The van der Waals surface area contributed by atoms with Gasteiger partial charge in [0.15, 0.2) is 0 Å². The quantitative estimate of drug-likeness (QED) is 0.597. The minimum Gasteiger partial charge on any atom is -0.327 e. The summed E-state index contributed by atoms with van der Waals surface area (Å²) in [6.45, 7) is 3.19. The van der Waals surface area contributed by atoms with E-state index in [2.05, 4.69) is 12.2 Å². The molecular weight excluding hydrogens is 124 g/mol. The van der Waals surface area contributed by atoms with Crippen molar-refractivity contribution in [3.8, 4) is 0 Å². The maximum Gasteiger partial charge on any atom is 0.0165 e. The van der Waals surface area contributed by atoms with Crippen molar-refractivity contribution >= 4 is 0 Å². The van der Waals surface area contributed by atoms with Gasteiger partial charge in [-0.1, -0.05) is 13.3 Å². The van der Waals surface area contributed by atoms with Crippen LogP contribution in [0, 0.1) is 0 Å². The summed E-state index contributed by atoms with van der Waals surface area (Å²) in [4.78, 5) is 0. The van der Waals surface area contributed by atoms with Crippen LogP contribution in [-0.2, 0) is 0 Å². The standard InChI is InChI=1S/C8H18N2/c1-2-3-7(9)6-10-8-4-5-8/h7-8,10H,2-6,9H2,1H3. The van der Waals surface area contributed by atoms with Gasteiger partial charge >= 0.3 is 0 Å². The Balaban J connectivity index is 1.89. The third-order valence-corrected chi connectivity index (χ3v) is 1.91. The highest BCUT2D eigenvalue weighted by Gasteiger charge is 2.20. The van der Waals surface area contributed by atoms with E-state index in [0.29, 0.717) is 6.04 Å². The van der Waals surface area contributed by atoms with Gasteiger partial charge in [-0.2, -0.15) is 0 Å². The predicted molar refractivity (Wildman–Crippen MR) is 43.9 cm³/mol. The zero-order chi connectivity index (χ0) is 7.40. The molecule has 0 aromatic heterocycles. The molecule has 1 aliphatic rings. The van der Waals surface area contributed by atoms with Gasteiger partial charge in [-0.15, -0.1) is 0 Å². The molecule has 0 aromatic carbocycles. The lowest BCUT2D eigenvalue weighted by molar-refractivity contribution is 0.537. The molecule has 1 fully saturated rings. The van der Waals surface area contributed by atoms with E-state index >= 15 is 0 Å². The number of nitrogens with two attached hydrogens (primary N) is 1. The largest absolute Gasteiger partial charge is 0.327 e. The maximum atomic E-state index is 5.80. The van der Waals surface area contributed by atoms with Gasteiger partial charge in [0, 0.05) is 18.6 Å². The van der Waals surface area contributed by atoms with Crippen molar-refractivity contribution in [3.05, 3.63) is 0 Å². The first-order valence-corrected chi connectivity index (χ1v) is 4.32. The summed E-state index contributed by atoms with van der Waals surface area (Å²) < 4.78 is 0. The molecule has 1 saturated carbocycles. The molecule has 10 heavy (non-hydrogen) atoms. The topological polar surface area (TPSA) is 38.0 Å². The monoisotopic (exact) mass is 142 g/mol. The predicted octanol–water partition coefficient (Wildman–Crippen LogP) is 0.866. The third-order valence-electron chi connectivity index (χ3n) is 1.91. The summed E-state index contributed by atoms with van der Waals surface area (Å²) in [5.41, 5.74) is 5.80. The molecule has 1 rings (SSSR count). The molecule has 0 radical (unpaired) electrons. The van der Waals surface area contributed by atoms with E-state index < -0.39 is 0 Å². The summed E-state index contributed by atoms with van der Waals surface area (Å²) in [5, 5.41) is 3.42. The number of hydrogen-bond donors (Lipinski definition) is 2. The Morgan fingerprint density at radius 2 is 2.30 bits per heavy atom. The van der Waals surface area contributed by atoms with Crippen LogP contribution in [0.1, 0.15) is 32.6 Å². The van der Waals surface area contributed by atoms with Crippen LogP contribution in [0.2, 0.25) is 0 Å². The first kappa shape index (κ1) is 8.02. The minimum absolute atomic E-state index is 0.380. The van der Waals surface area contributed by atoms with E-state index in [1.165, 1.54) is 19.3 Å². The van der Waals surface area contributed by atoms with Gasteiger partial charge in [0.1, 0.15) is 0 Å². The normalized spacial score (nSPS) is 21.0. The van der Waals surface area contributed by atoms with E-state index in [0.717, 1.165) is 19.0 Å². The molecular formula is C8H18N2. The Bertz CT molecular complexity index is 89.3. The summed E-state index contributed by atoms with van der Waals surface area (Å²) >= 11 is 0. The molecule has 2 nitrogen and oxygen atoms in total. The Morgan fingerprint density at radius 3 is 2.80 bits per heavy atom. The van der Waals surface area contributed by atoms with E-state index in [4.69, 9.17) is 5.73 Å². The fraction of sp³-hybridized carbons (Fsp3) is 1.00. The molecule has 1 unspecified atom stereocenters. The van der Waals surface area contributed by atoms with Crippen LogP contribution >= 0.6 is 0 Å². The first-order chi connectivity index (χ1) is 4.83.